The minimum atomic E-state index is -0.276. The van der Waals surface area contributed by atoms with Crippen molar-refractivity contribution in [1.29, 1.82) is 0 Å². The molecule has 3 N–H and O–H groups in total. The van der Waals surface area contributed by atoms with Gasteiger partial charge in [0, 0.05) is 57.3 Å². The van der Waals surface area contributed by atoms with E-state index in [9.17, 15) is 4.39 Å². The molecule has 0 spiro atoms. The van der Waals surface area contributed by atoms with Crippen molar-refractivity contribution in [3.8, 4) is 33.8 Å². The lowest BCUT2D eigenvalue weighted by Crippen LogP contribution is -2.18. The zero-order chi connectivity index (χ0) is 25.6. The third kappa shape index (κ3) is 3.91. The van der Waals surface area contributed by atoms with E-state index in [-0.39, 0.29) is 5.82 Å². The van der Waals surface area contributed by atoms with E-state index in [1.165, 1.54) is 31.4 Å². The van der Waals surface area contributed by atoms with E-state index >= 15 is 0 Å². The van der Waals surface area contributed by atoms with Crippen molar-refractivity contribution >= 4 is 27.6 Å². The second-order valence-corrected chi connectivity index (χ2v) is 9.74. The van der Waals surface area contributed by atoms with E-state index in [4.69, 9.17) is 0 Å². The van der Waals surface area contributed by atoms with Gasteiger partial charge in [0.15, 0.2) is 5.65 Å². The predicted octanol–water partition coefficient (Wildman–Crippen LogP) is 7.10. The highest BCUT2D eigenvalue weighted by atomic mass is 19.1. The van der Waals surface area contributed by atoms with Crippen LogP contribution >= 0.6 is 0 Å². The standard InChI is InChI=1S/C30H24FN7/c1-17(18-3-2-4-18)35-23-11-20(14-32-16-23)21-12-25-29(37-38-30(25)34-15-21)27-13-24-26(36-27)9-10-33-28(24)19-5-7-22(31)8-6-19/h5-16,18,35-36H,1-4H2,(H,34,37,38). The molecule has 0 amide bonds. The maximum absolute atomic E-state index is 13.5. The Morgan fingerprint density at radius 2 is 1.74 bits per heavy atom. The first-order valence-electron chi connectivity index (χ1n) is 12.6. The number of allylic oxidation sites excluding steroid dienone is 1. The molecule has 1 saturated carbocycles. The molecule has 0 saturated heterocycles. The van der Waals surface area contributed by atoms with Gasteiger partial charge in [-0.2, -0.15) is 5.10 Å². The Morgan fingerprint density at radius 1 is 0.895 bits per heavy atom. The number of H-pyrrole nitrogens is 2. The Labute approximate surface area is 217 Å². The molecule has 6 aromatic rings. The first-order chi connectivity index (χ1) is 18.6. The Kier molecular flexibility index (Phi) is 5.25. The van der Waals surface area contributed by atoms with Crippen LogP contribution in [0.2, 0.25) is 0 Å². The van der Waals surface area contributed by atoms with Gasteiger partial charge in [-0.25, -0.2) is 9.37 Å². The highest BCUT2D eigenvalue weighted by Gasteiger charge is 2.21. The maximum atomic E-state index is 13.5. The van der Waals surface area contributed by atoms with Crippen LogP contribution in [0.4, 0.5) is 10.1 Å². The van der Waals surface area contributed by atoms with Crippen LogP contribution in [0.1, 0.15) is 19.3 Å². The van der Waals surface area contributed by atoms with Crippen LogP contribution in [0.3, 0.4) is 0 Å². The van der Waals surface area contributed by atoms with Crippen molar-refractivity contribution in [1.82, 2.24) is 30.1 Å². The summed E-state index contributed by atoms with van der Waals surface area (Å²) in [6.45, 7) is 4.21. The summed E-state index contributed by atoms with van der Waals surface area (Å²) in [5.74, 6) is 0.266. The van der Waals surface area contributed by atoms with E-state index in [2.05, 4.69) is 54.2 Å². The van der Waals surface area contributed by atoms with E-state index in [1.54, 1.807) is 18.3 Å². The summed E-state index contributed by atoms with van der Waals surface area (Å²) in [6, 6.07) is 14.5. The minimum Gasteiger partial charge on any atom is -0.358 e. The minimum absolute atomic E-state index is 0.276. The summed E-state index contributed by atoms with van der Waals surface area (Å²) in [7, 11) is 0. The lowest BCUT2D eigenvalue weighted by atomic mass is 9.83. The fraction of sp³-hybridized carbons (Fsp3) is 0.133. The van der Waals surface area contributed by atoms with Crippen molar-refractivity contribution in [2.45, 2.75) is 19.3 Å². The normalized spacial score (nSPS) is 13.6. The number of aromatic nitrogens is 6. The van der Waals surface area contributed by atoms with E-state index in [0.717, 1.165) is 61.4 Å². The SMILES string of the molecule is C=C(Nc1cncc(-c2cnc3[nH]nc(-c4cc5c(-c6ccc(F)cc6)nccc5[nH]4)c3c2)c1)C1CCC1. The molecule has 0 atom stereocenters. The van der Waals surface area contributed by atoms with Crippen molar-refractivity contribution in [3.05, 3.63) is 91.4 Å². The maximum Gasteiger partial charge on any atom is 0.155 e. The number of hydrogen-bond acceptors (Lipinski definition) is 5. The number of benzene rings is 1. The molecule has 7 nitrogen and oxygen atoms in total. The number of anilines is 1. The molecule has 0 unspecified atom stereocenters. The number of fused-ring (bicyclic) bond motifs is 2. The number of halogens is 1. The Balaban J connectivity index is 1.26. The fourth-order valence-corrected chi connectivity index (χ4v) is 5.00. The number of hydrogen-bond donors (Lipinski definition) is 3. The van der Waals surface area contributed by atoms with E-state index in [1.807, 2.05) is 30.7 Å². The van der Waals surface area contributed by atoms with Gasteiger partial charge in [0.05, 0.1) is 23.3 Å². The van der Waals surface area contributed by atoms with Crippen LogP contribution in [-0.2, 0) is 0 Å². The number of aromatic amines is 2. The van der Waals surface area contributed by atoms with Gasteiger partial charge in [0.2, 0.25) is 0 Å². The highest BCUT2D eigenvalue weighted by molar-refractivity contribution is 6.00. The molecule has 5 heterocycles. The first-order valence-corrected chi connectivity index (χ1v) is 12.6. The van der Waals surface area contributed by atoms with Crippen LogP contribution in [0.15, 0.2) is 85.6 Å². The van der Waals surface area contributed by atoms with Gasteiger partial charge in [0.25, 0.3) is 0 Å². The van der Waals surface area contributed by atoms with Crippen molar-refractivity contribution in [2.75, 3.05) is 5.32 Å². The second kappa shape index (κ2) is 8.92. The summed E-state index contributed by atoms with van der Waals surface area (Å²) >= 11 is 0. The largest absolute Gasteiger partial charge is 0.358 e. The third-order valence-corrected chi connectivity index (χ3v) is 7.31. The van der Waals surface area contributed by atoms with Crippen LogP contribution in [0.5, 0.6) is 0 Å². The Bertz CT molecular complexity index is 1810. The topological polar surface area (TPSA) is 95.2 Å². The van der Waals surface area contributed by atoms with Crippen molar-refractivity contribution < 1.29 is 4.39 Å². The summed E-state index contributed by atoms with van der Waals surface area (Å²) in [4.78, 5) is 17.1. The summed E-state index contributed by atoms with van der Waals surface area (Å²) in [5, 5.41) is 12.9. The molecular formula is C30H24FN7. The third-order valence-electron chi connectivity index (χ3n) is 7.31. The molecule has 0 radical (unpaired) electrons. The molecule has 1 aliphatic rings. The number of nitrogens with zero attached hydrogens (tertiary/aromatic N) is 4. The smallest absolute Gasteiger partial charge is 0.155 e. The quantitative estimate of drug-likeness (QED) is 0.226. The molecule has 5 aromatic heterocycles. The van der Waals surface area contributed by atoms with E-state index in [0.29, 0.717) is 11.6 Å². The Hall–Kier alpha value is -4.85. The van der Waals surface area contributed by atoms with Gasteiger partial charge < -0.3 is 10.3 Å². The molecule has 186 valence electrons. The zero-order valence-electron chi connectivity index (χ0n) is 20.5. The van der Waals surface area contributed by atoms with Crippen LogP contribution in [0, 0.1) is 11.7 Å². The van der Waals surface area contributed by atoms with Crippen LogP contribution < -0.4 is 5.32 Å². The van der Waals surface area contributed by atoms with Crippen molar-refractivity contribution in [3.63, 3.8) is 0 Å². The highest BCUT2D eigenvalue weighted by Crippen LogP contribution is 2.35. The molecule has 8 heteroatoms. The molecule has 38 heavy (non-hydrogen) atoms. The fourth-order valence-electron chi connectivity index (χ4n) is 5.00. The lowest BCUT2D eigenvalue weighted by Gasteiger charge is -2.28. The molecule has 1 fully saturated rings. The summed E-state index contributed by atoms with van der Waals surface area (Å²) < 4.78 is 13.5. The number of pyridine rings is 3. The predicted molar refractivity (Wildman–Crippen MR) is 148 cm³/mol. The number of rotatable bonds is 6. The monoisotopic (exact) mass is 501 g/mol. The molecule has 7 rings (SSSR count). The summed E-state index contributed by atoms with van der Waals surface area (Å²) in [6.07, 6.45) is 10.9. The summed E-state index contributed by atoms with van der Waals surface area (Å²) in [5.41, 5.74) is 8.71. The molecule has 0 bridgehead atoms. The zero-order valence-corrected chi connectivity index (χ0v) is 20.5. The van der Waals surface area contributed by atoms with Crippen molar-refractivity contribution in [2.24, 2.45) is 5.92 Å². The lowest BCUT2D eigenvalue weighted by molar-refractivity contribution is 0.371. The number of nitrogens with one attached hydrogen (secondary N) is 3. The van der Waals surface area contributed by atoms with Gasteiger partial charge in [-0.3, -0.25) is 15.1 Å². The van der Waals surface area contributed by atoms with Crippen LogP contribution in [-0.4, -0.2) is 30.1 Å². The van der Waals surface area contributed by atoms with Crippen LogP contribution in [0.25, 0.3) is 55.7 Å². The second-order valence-electron chi connectivity index (χ2n) is 9.74. The molecule has 1 aliphatic carbocycles. The van der Waals surface area contributed by atoms with Gasteiger partial charge in [-0.05, 0) is 67.3 Å². The van der Waals surface area contributed by atoms with Gasteiger partial charge >= 0.3 is 0 Å². The molecule has 0 aliphatic heterocycles. The average molecular weight is 502 g/mol. The van der Waals surface area contributed by atoms with Gasteiger partial charge in [-0.15, -0.1) is 0 Å². The Morgan fingerprint density at radius 3 is 2.55 bits per heavy atom. The first kappa shape index (κ1) is 22.4. The average Bonchev–Trinajstić information content (AvgIpc) is 3.52. The molecule has 1 aromatic carbocycles. The van der Waals surface area contributed by atoms with Gasteiger partial charge in [0.1, 0.15) is 11.5 Å². The van der Waals surface area contributed by atoms with Gasteiger partial charge in [-0.1, -0.05) is 13.0 Å². The molecular weight excluding hydrogens is 477 g/mol. The van der Waals surface area contributed by atoms with E-state index < -0.39 is 0 Å².